The van der Waals surface area contributed by atoms with Gasteiger partial charge in [-0.3, -0.25) is 4.79 Å². The third kappa shape index (κ3) is 4.13. The fourth-order valence-electron chi connectivity index (χ4n) is 2.21. The van der Waals surface area contributed by atoms with Crippen LogP contribution in [0.15, 0.2) is 54.9 Å². The van der Waals surface area contributed by atoms with Crippen LogP contribution >= 0.6 is 11.6 Å². The van der Waals surface area contributed by atoms with Crippen LogP contribution in [-0.4, -0.2) is 33.8 Å². The molecule has 2 N–H and O–H groups in total. The number of anilines is 1. The molecule has 8 heteroatoms. The van der Waals surface area contributed by atoms with Crippen molar-refractivity contribution in [2.24, 2.45) is 0 Å². The van der Waals surface area contributed by atoms with Gasteiger partial charge in [0.2, 0.25) is 0 Å². The Morgan fingerprint density at radius 1 is 1.08 bits per heavy atom. The molecule has 6 nitrogen and oxygen atoms in total. The standard InChI is InChI=1S/C17H15ClFN5O/c18-12-4-3-5-13(19)16(12)17(25)21-9-8-20-14-6-7-15(23-22-14)24-10-1-2-11-24/h1-7,10-11H,8-9H2,(H,20,22)(H,21,25). The van der Waals surface area contributed by atoms with Crippen molar-refractivity contribution in [3.05, 3.63) is 71.3 Å². The Kier molecular flexibility index (Phi) is 5.25. The molecule has 2 aromatic heterocycles. The number of carbonyl (C=O) groups is 1. The molecule has 3 rings (SSSR count). The van der Waals surface area contributed by atoms with Gasteiger partial charge in [0, 0.05) is 25.5 Å². The second-order valence-corrected chi connectivity index (χ2v) is 5.55. The summed E-state index contributed by atoms with van der Waals surface area (Å²) in [7, 11) is 0. The molecule has 0 radical (unpaired) electrons. The molecular weight excluding hydrogens is 345 g/mol. The first kappa shape index (κ1) is 16.9. The van der Waals surface area contributed by atoms with Crippen LogP contribution in [0.5, 0.6) is 0 Å². The van der Waals surface area contributed by atoms with Crippen molar-refractivity contribution < 1.29 is 9.18 Å². The quantitative estimate of drug-likeness (QED) is 0.664. The van der Waals surface area contributed by atoms with Gasteiger partial charge in [-0.1, -0.05) is 17.7 Å². The fraction of sp³-hybridized carbons (Fsp3) is 0.118. The van der Waals surface area contributed by atoms with Gasteiger partial charge in [-0.05, 0) is 36.4 Å². The SMILES string of the molecule is O=C(NCCNc1ccc(-n2cccc2)nn1)c1c(F)cccc1Cl. The summed E-state index contributed by atoms with van der Waals surface area (Å²) in [6.07, 6.45) is 3.75. The van der Waals surface area contributed by atoms with Gasteiger partial charge in [0.05, 0.1) is 10.6 Å². The van der Waals surface area contributed by atoms with Gasteiger partial charge in [0.1, 0.15) is 11.6 Å². The number of nitrogens with zero attached hydrogens (tertiary/aromatic N) is 3. The van der Waals surface area contributed by atoms with Crippen LogP contribution in [0.4, 0.5) is 10.2 Å². The minimum atomic E-state index is -0.649. The summed E-state index contributed by atoms with van der Waals surface area (Å²) < 4.78 is 15.5. The van der Waals surface area contributed by atoms with E-state index in [0.717, 1.165) is 0 Å². The first-order chi connectivity index (χ1) is 12.1. The summed E-state index contributed by atoms with van der Waals surface area (Å²) in [4.78, 5) is 12.0. The maximum absolute atomic E-state index is 13.6. The van der Waals surface area contributed by atoms with E-state index in [1.54, 1.807) is 6.07 Å². The number of aromatic nitrogens is 3. The Morgan fingerprint density at radius 2 is 1.88 bits per heavy atom. The smallest absolute Gasteiger partial charge is 0.255 e. The summed E-state index contributed by atoms with van der Waals surface area (Å²) in [6.45, 7) is 0.694. The van der Waals surface area contributed by atoms with Crippen LogP contribution in [0.25, 0.3) is 5.82 Å². The van der Waals surface area contributed by atoms with E-state index >= 15 is 0 Å². The number of nitrogens with one attached hydrogen (secondary N) is 2. The molecule has 25 heavy (non-hydrogen) atoms. The molecule has 3 aromatic rings. The van der Waals surface area contributed by atoms with Gasteiger partial charge in [0.15, 0.2) is 5.82 Å². The fourth-order valence-corrected chi connectivity index (χ4v) is 2.46. The molecule has 128 valence electrons. The Morgan fingerprint density at radius 3 is 2.56 bits per heavy atom. The Labute approximate surface area is 148 Å². The van der Waals surface area contributed by atoms with E-state index in [0.29, 0.717) is 18.2 Å². The normalized spacial score (nSPS) is 10.5. The van der Waals surface area contributed by atoms with Gasteiger partial charge in [0.25, 0.3) is 5.91 Å². The van der Waals surface area contributed by atoms with E-state index in [-0.39, 0.29) is 17.1 Å². The van der Waals surface area contributed by atoms with Crippen LogP contribution in [0.3, 0.4) is 0 Å². The molecule has 1 amide bonds. The van der Waals surface area contributed by atoms with Crippen LogP contribution < -0.4 is 10.6 Å². The molecule has 0 saturated carbocycles. The lowest BCUT2D eigenvalue weighted by molar-refractivity contribution is 0.0951. The highest BCUT2D eigenvalue weighted by atomic mass is 35.5. The monoisotopic (exact) mass is 359 g/mol. The second-order valence-electron chi connectivity index (χ2n) is 5.15. The lowest BCUT2D eigenvalue weighted by Gasteiger charge is -2.09. The van der Waals surface area contributed by atoms with Gasteiger partial charge in [-0.15, -0.1) is 10.2 Å². The minimum Gasteiger partial charge on any atom is -0.367 e. The van der Waals surface area contributed by atoms with Crippen molar-refractivity contribution in [2.75, 3.05) is 18.4 Å². The van der Waals surface area contributed by atoms with Crippen LogP contribution in [0.2, 0.25) is 5.02 Å². The zero-order valence-corrected chi connectivity index (χ0v) is 13.9. The van der Waals surface area contributed by atoms with Crippen LogP contribution in [0, 0.1) is 5.82 Å². The molecule has 1 aromatic carbocycles. The summed E-state index contributed by atoms with van der Waals surface area (Å²) in [5.41, 5.74) is -0.153. The number of amides is 1. The van der Waals surface area contributed by atoms with Crippen molar-refractivity contribution in [1.82, 2.24) is 20.1 Å². The highest BCUT2D eigenvalue weighted by Gasteiger charge is 2.14. The molecular formula is C17H15ClFN5O. The molecule has 0 aliphatic carbocycles. The van der Waals surface area contributed by atoms with Crippen molar-refractivity contribution >= 4 is 23.3 Å². The number of hydrogen-bond donors (Lipinski definition) is 2. The summed E-state index contributed by atoms with van der Waals surface area (Å²) in [5.74, 6) is 0.0792. The average molecular weight is 360 g/mol. The Hall–Kier alpha value is -2.93. The third-order valence-electron chi connectivity index (χ3n) is 3.43. The maximum atomic E-state index is 13.6. The maximum Gasteiger partial charge on any atom is 0.255 e. The van der Waals surface area contributed by atoms with Crippen molar-refractivity contribution in [3.63, 3.8) is 0 Å². The van der Waals surface area contributed by atoms with Gasteiger partial charge in [-0.2, -0.15) is 0 Å². The first-order valence-electron chi connectivity index (χ1n) is 7.58. The highest BCUT2D eigenvalue weighted by Crippen LogP contribution is 2.18. The van der Waals surface area contributed by atoms with Gasteiger partial charge >= 0.3 is 0 Å². The minimum absolute atomic E-state index is 0.0805. The topological polar surface area (TPSA) is 71.8 Å². The number of rotatable bonds is 6. The molecule has 0 unspecified atom stereocenters. The van der Waals surface area contributed by atoms with E-state index in [1.165, 1.54) is 18.2 Å². The Balaban J connectivity index is 1.49. The van der Waals surface area contributed by atoms with Crippen molar-refractivity contribution in [3.8, 4) is 5.82 Å². The lowest BCUT2D eigenvalue weighted by Crippen LogP contribution is -2.29. The van der Waals surface area contributed by atoms with Gasteiger partial charge < -0.3 is 15.2 Å². The van der Waals surface area contributed by atoms with Crippen molar-refractivity contribution in [2.45, 2.75) is 0 Å². The molecule has 0 spiro atoms. The van der Waals surface area contributed by atoms with Gasteiger partial charge in [-0.25, -0.2) is 4.39 Å². The zero-order valence-electron chi connectivity index (χ0n) is 13.1. The molecule has 0 aliphatic heterocycles. The summed E-state index contributed by atoms with van der Waals surface area (Å²) in [6, 6.07) is 11.5. The molecule has 0 aliphatic rings. The molecule has 0 bridgehead atoms. The highest BCUT2D eigenvalue weighted by molar-refractivity contribution is 6.33. The molecule has 0 atom stereocenters. The number of benzene rings is 1. The predicted molar refractivity (Wildman–Crippen MR) is 93.6 cm³/mol. The largest absolute Gasteiger partial charge is 0.367 e. The van der Waals surface area contributed by atoms with E-state index in [1.807, 2.05) is 35.2 Å². The van der Waals surface area contributed by atoms with Crippen LogP contribution in [-0.2, 0) is 0 Å². The summed E-state index contributed by atoms with van der Waals surface area (Å²) in [5, 5.41) is 13.9. The van der Waals surface area contributed by atoms with E-state index in [2.05, 4.69) is 20.8 Å². The van der Waals surface area contributed by atoms with Crippen molar-refractivity contribution in [1.29, 1.82) is 0 Å². The second kappa shape index (κ2) is 7.76. The number of halogens is 2. The number of hydrogen-bond acceptors (Lipinski definition) is 4. The first-order valence-corrected chi connectivity index (χ1v) is 7.96. The van der Waals surface area contributed by atoms with Crippen LogP contribution in [0.1, 0.15) is 10.4 Å². The molecule has 0 saturated heterocycles. The lowest BCUT2D eigenvalue weighted by atomic mass is 10.2. The Bertz CT molecular complexity index is 832. The summed E-state index contributed by atoms with van der Waals surface area (Å²) >= 11 is 5.85. The molecule has 0 fully saturated rings. The molecule has 2 heterocycles. The zero-order chi connectivity index (χ0) is 17.6. The number of carbonyl (C=O) groups excluding carboxylic acids is 1. The predicted octanol–water partition coefficient (Wildman–Crippen LogP) is 2.90. The average Bonchev–Trinajstić information content (AvgIpc) is 3.14. The van der Waals surface area contributed by atoms with E-state index < -0.39 is 11.7 Å². The third-order valence-corrected chi connectivity index (χ3v) is 3.74. The van der Waals surface area contributed by atoms with E-state index in [4.69, 9.17) is 11.6 Å². The van der Waals surface area contributed by atoms with E-state index in [9.17, 15) is 9.18 Å².